The number of aliphatic hydroxyl groups is 1. The minimum atomic E-state index is -1.66. The fourth-order valence-corrected chi connectivity index (χ4v) is 2.89. The molecule has 3 amide bonds. The molecule has 8 N–H and O–H groups in total. The third-order valence-electron chi connectivity index (χ3n) is 4.31. The molecule has 178 valence electrons. The lowest BCUT2D eigenvalue weighted by Crippen LogP contribution is -2.59. The Morgan fingerprint density at radius 2 is 1.45 bits per heavy atom. The predicted molar refractivity (Wildman–Crippen MR) is 113 cm³/mol. The highest BCUT2D eigenvalue weighted by atomic mass is 32.2. The van der Waals surface area contributed by atoms with Crippen LogP contribution in [-0.4, -0.2) is 87.3 Å². The van der Waals surface area contributed by atoms with E-state index in [1.165, 1.54) is 18.7 Å². The number of carboxylic acid groups (broad SMARTS) is 2. The molecule has 0 aromatic rings. The Bertz CT molecular complexity index is 658. The van der Waals surface area contributed by atoms with Gasteiger partial charge >= 0.3 is 11.9 Å². The van der Waals surface area contributed by atoms with Crippen LogP contribution in [0.15, 0.2) is 0 Å². The molecule has 0 saturated heterocycles. The van der Waals surface area contributed by atoms with Crippen LogP contribution in [0.25, 0.3) is 0 Å². The summed E-state index contributed by atoms with van der Waals surface area (Å²) in [4.78, 5) is 59.5. The molecule has 0 aliphatic rings. The second kappa shape index (κ2) is 13.8. The van der Waals surface area contributed by atoms with E-state index in [0.29, 0.717) is 5.75 Å². The van der Waals surface area contributed by atoms with Gasteiger partial charge in [0.2, 0.25) is 17.7 Å². The summed E-state index contributed by atoms with van der Waals surface area (Å²) in [5.74, 6) is -5.19. The van der Waals surface area contributed by atoms with Gasteiger partial charge in [-0.05, 0) is 31.3 Å². The zero-order chi connectivity index (χ0) is 24.3. The maximum atomic E-state index is 12.8. The molecule has 0 aliphatic carbocycles. The fraction of sp³-hybridized carbons (Fsp3) is 0.722. The van der Waals surface area contributed by atoms with E-state index in [2.05, 4.69) is 16.0 Å². The van der Waals surface area contributed by atoms with Crippen LogP contribution in [0, 0.1) is 5.92 Å². The molecule has 31 heavy (non-hydrogen) atoms. The maximum Gasteiger partial charge on any atom is 0.326 e. The quantitative estimate of drug-likeness (QED) is 0.152. The second-order valence-electron chi connectivity index (χ2n) is 7.34. The van der Waals surface area contributed by atoms with E-state index in [1.807, 2.05) is 0 Å². The van der Waals surface area contributed by atoms with Gasteiger partial charge < -0.3 is 37.0 Å². The van der Waals surface area contributed by atoms with Crippen LogP contribution in [0.4, 0.5) is 0 Å². The maximum absolute atomic E-state index is 12.8. The third-order valence-corrected chi connectivity index (χ3v) is 4.95. The molecule has 0 radical (unpaired) electrons. The van der Waals surface area contributed by atoms with Crippen molar-refractivity contribution in [3.63, 3.8) is 0 Å². The lowest BCUT2D eigenvalue weighted by molar-refractivity contribution is -0.147. The number of aliphatic hydroxyl groups excluding tert-OH is 1. The first-order chi connectivity index (χ1) is 14.3. The van der Waals surface area contributed by atoms with Crippen molar-refractivity contribution >= 4 is 41.4 Å². The van der Waals surface area contributed by atoms with E-state index in [0.717, 1.165) is 0 Å². The number of aliphatic carboxylic acids is 2. The SMILES string of the molecule is CSCCC(NC(=O)C(NC(=O)C(N)C(C)O)C(C)C)C(=O)NC(CC(=O)O)C(=O)O. The van der Waals surface area contributed by atoms with Crippen molar-refractivity contribution in [3.05, 3.63) is 0 Å². The van der Waals surface area contributed by atoms with E-state index >= 15 is 0 Å². The van der Waals surface area contributed by atoms with Gasteiger partial charge in [-0.25, -0.2) is 4.79 Å². The highest BCUT2D eigenvalue weighted by molar-refractivity contribution is 7.98. The number of nitrogens with two attached hydrogens (primary N) is 1. The summed E-state index contributed by atoms with van der Waals surface area (Å²) in [7, 11) is 0. The topological polar surface area (TPSA) is 208 Å². The molecule has 0 rings (SSSR count). The van der Waals surface area contributed by atoms with Gasteiger partial charge in [0, 0.05) is 0 Å². The van der Waals surface area contributed by atoms with Gasteiger partial charge in [0.05, 0.1) is 12.5 Å². The number of rotatable bonds is 14. The van der Waals surface area contributed by atoms with Gasteiger partial charge in [-0.1, -0.05) is 13.8 Å². The first-order valence-electron chi connectivity index (χ1n) is 9.60. The minimum absolute atomic E-state index is 0.143. The number of hydrogen-bond donors (Lipinski definition) is 7. The molecule has 0 aromatic carbocycles. The molecule has 12 nitrogen and oxygen atoms in total. The highest BCUT2D eigenvalue weighted by Gasteiger charge is 2.32. The summed E-state index contributed by atoms with van der Waals surface area (Å²) in [6.45, 7) is 4.64. The molecular weight excluding hydrogens is 432 g/mol. The first-order valence-corrected chi connectivity index (χ1v) is 11.0. The normalized spacial score (nSPS) is 15.8. The number of carbonyl (C=O) groups excluding carboxylic acids is 3. The van der Waals surface area contributed by atoms with Crippen molar-refractivity contribution in [2.24, 2.45) is 11.7 Å². The molecule has 0 aliphatic heterocycles. The highest BCUT2D eigenvalue weighted by Crippen LogP contribution is 2.07. The van der Waals surface area contributed by atoms with Crippen LogP contribution < -0.4 is 21.7 Å². The predicted octanol–water partition coefficient (Wildman–Crippen LogP) is -1.88. The van der Waals surface area contributed by atoms with Crippen molar-refractivity contribution in [2.45, 2.75) is 63.9 Å². The van der Waals surface area contributed by atoms with E-state index in [4.69, 9.17) is 15.9 Å². The molecule has 0 saturated carbocycles. The molecule has 0 bridgehead atoms. The molecule has 0 spiro atoms. The van der Waals surface area contributed by atoms with E-state index < -0.39 is 72.3 Å². The number of nitrogens with one attached hydrogen (secondary N) is 3. The molecule has 5 unspecified atom stereocenters. The zero-order valence-electron chi connectivity index (χ0n) is 18.0. The Kier molecular flexibility index (Phi) is 12.8. The van der Waals surface area contributed by atoms with Crippen LogP contribution in [-0.2, 0) is 24.0 Å². The Balaban J connectivity index is 5.42. The summed E-state index contributed by atoms with van der Waals surface area (Å²) < 4.78 is 0. The van der Waals surface area contributed by atoms with E-state index in [-0.39, 0.29) is 6.42 Å². The molecule has 13 heteroatoms. The van der Waals surface area contributed by atoms with Crippen LogP contribution in [0.5, 0.6) is 0 Å². The lowest BCUT2D eigenvalue weighted by atomic mass is 10.0. The molecule has 0 fully saturated rings. The van der Waals surface area contributed by atoms with Crippen LogP contribution in [0.2, 0.25) is 0 Å². The van der Waals surface area contributed by atoms with Crippen LogP contribution in [0.1, 0.15) is 33.6 Å². The minimum Gasteiger partial charge on any atom is -0.481 e. The summed E-state index contributed by atoms with van der Waals surface area (Å²) in [6.07, 6.45) is -0.0512. The Morgan fingerprint density at radius 1 is 0.903 bits per heavy atom. The van der Waals surface area contributed by atoms with Crippen molar-refractivity contribution in [3.8, 4) is 0 Å². The summed E-state index contributed by atoms with van der Waals surface area (Å²) in [6, 6.07) is -5.14. The average Bonchev–Trinajstić information content (AvgIpc) is 2.66. The second-order valence-corrected chi connectivity index (χ2v) is 8.32. The largest absolute Gasteiger partial charge is 0.481 e. The summed E-state index contributed by atoms with van der Waals surface area (Å²) in [5.41, 5.74) is 5.58. The molecular formula is C18H32N4O8S. The average molecular weight is 465 g/mol. The Morgan fingerprint density at radius 3 is 1.87 bits per heavy atom. The monoisotopic (exact) mass is 464 g/mol. The van der Waals surface area contributed by atoms with Gasteiger partial charge in [0.15, 0.2) is 0 Å². The van der Waals surface area contributed by atoms with Crippen LogP contribution >= 0.6 is 11.8 Å². The van der Waals surface area contributed by atoms with Gasteiger partial charge in [-0.3, -0.25) is 19.2 Å². The third kappa shape index (κ3) is 10.5. The van der Waals surface area contributed by atoms with Crippen LogP contribution in [0.3, 0.4) is 0 Å². The summed E-state index contributed by atoms with van der Waals surface area (Å²) >= 11 is 1.39. The molecule has 5 atom stereocenters. The standard InChI is InChI=1S/C18H32N4O8S/c1-8(2)14(22-16(27)13(19)9(3)23)17(28)20-10(5-6-31-4)15(26)21-11(18(29)30)7-12(24)25/h8-11,13-14,23H,5-7,19H2,1-4H3,(H,20,28)(H,21,26)(H,22,27)(H,24,25)(H,29,30). The van der Waals surface area contributed by atoms with E-state index in [9.17, 15) is 29.1 Å². The van der Waals surface area contributed by atoms with Crippen molar-refractivity contribution in [2.75, 3.05) is 12.0 Å². The Labute approximate surface area is 184 Å². The first kappa shape index (κ1) is 28.6. The van der Waals surface area contributed by atoms with Crippen molar-refractivity contribution in [1.82, 2.24) is 16.0 Å². The zero-order valence-corrected chi connectivity index (χ0v) is 18.8. The number of hydrogen-bond acceptors (Lipinski definition) is 8. The van der Waals surface area contributed by atoms with Crippen molar-refractivity contribution < 1.29 is 39.3 Å². The van der Waals surface area contributed by atoms with Gasteiger partial charge in [-0.2, -0.15) is 11.8 Å². The van der Waals surface area contributed by atoms with E-state index in [1.54, 1.807) is 20.1 Å². The smallest absolute Gasteiger partial charge is 0.326 e. The van der Waals surface area contributed by atoms with Gasteiger partial charge in [0.25, 0.3) is 0 Å². The number of thioether (sulfide) groups is 1. The number of carboxylic acids is 2. The Hall–Kier alpha value is -2.38. The lowest BCUT2D eigenvalue weighted by Gasteiger charge is -2.27. The van der Waals surface area contributed by atoms with Gasteiger partial charge in [-0.15, -0.1) is 0 Å². The van der Waals surface area contributed by atoms with Gasteiger partial charge in [0.1, 0.15) is 24.2 Å². The number of carbonyl (C=O) groups is 5. The molecule has 0 heterocycles. The van der Waals surface area contributed by atoms with Crippen molar-refractivity contribution in [1.29, 1.82) is 0 Å². The fourth-order valence-electron chi connectivity index (χ4n) is 2.42. The number of amides is 3. The summed E-state index contributed by atoms with van der Waals surface area (Å²) in [5, 5.41) is 34.4. The molecule has 0 aromatic heterocycles.